The van der Waals surface area contributed by atoms with Gasteiger partial charge in [0.25, 0.3) is 0 Å². The number of benzene rings is 1. The summed E-state index contributed by atoms with van der Waals surface area (Å²) in [5, 5.41) is 0. The van der Waals surface area contributed by atoms with E-state index in [1.54, 1.807) is 13.2 Å². The molecule has 18 heavy (non-hydrogen) atoms. The van der Waals surface area contributed by atoms with Gasteiger partial charge in [0.05, 0.1) is 7.11 Å². The molecular weight excluding hydrogens is 226 g/mol. The van der Waals surface area contributed by atoms with Crippen molar-refractivity contribution in [3.63, 3.8) is 0 Å². The molecule has 1 unspecified atom stereocenters. The van der Waals surface area contributed by atoms with E-state index in [-0.39, 0.29) is 5.78 Å². The van der Waals surface area contributed by atoms with Crippen molar-refractivity contribution in [3.8, 4) is 5.75 Å². The average molecular weight is 249 g/mol. The lowest BCUT2D eigenvalue weighted by Crippen LogP contribution is -2.10. The van der Waals surface area contributed by atoms with E-state index in [1.165, 1.54) is 0 Å². The minimum atomic E-state index is 0.185. The maximum Gasteiger partial charge on any atom is 0.163 e. The van der Waals surface area contributed by atoms with Gasteiger partial charge in [-0.3, -0.25) is 4.79 Å². The average Bonchev–Trinajstić information content (AvgIpc) is 2.43. The minimum absolute atomic E-state index is 0.185. The van der Waals surface area contributed by atoms with Crippen LogP contribution in [0, 0.1) is 5.92 Å². The number of rotatable bonds is 8. The second-order valence-electron chi connectivity index (χ2n) is 4.55. The van der Waals surface area contributed by atoms with E-state index >= 15 is 0 Å². The Bertz CT molecular complexity index is 377. The summed E-state index contributed by atoms with van der Waals surface area (Å²) in [6.45, 7) is 2.85. The van der Waals surface area contributed by atoms with Crippen molar-refractivity contribution in [3.05, 3.63) is 29.8 Å². The number of hydrogen-bond acceptors (Lipinski definition) is 3. The lowest BCUT2D eigenvalue weighted by Gasteiger charge is -2.12. The first kappa shape index (κ1) is 14.7. The number of ketones is 1. The zero-order valence-corrected chi connectivity index (χ0v) is 11.3. The van der Waals surface area contributed by atoms with Crippen LogP contribution in [0.3, 0.4) is 0 Å². The zero-order chi connectivity index (χ0) is 13.4. The normalized spacial score (nSPS) is 12.2. The van der Waals surface area contributed by atoms with Crippen LogP contribution in [0.5, 0.6) is 5.75 Å². The summed E-state index contributed by atoms with van der Waals surface area (Å²) in [6.07, 6.45) is 3.60. The van der Waals surface area contributed by atoms with E-state index in [1.807, 2.05) is 18.2 Å². The molecule has 0 spiro atoms. The van der Waals surface area contributed by atoms with Crippen LogP contribution < -0.4 is 10.5 Å². The predicted molar refractivity (Wildman–Crippen MR) is 74.0 cm³/mol. The molecule has 0 amide bonds. The molecule has 0 heterocycles. The molecule has 2 N–H and O–H groups in total. The van der Waals surface area contributed by atoms with Crippen LogP contribution in [0.15, 0.2) is 24.3 Å². The molecule has 100 valence electrons. The van der Waals surface area contributed by atoms with Gasteiger partial charge in [-0.25, -0.2) is 0 Å². The van der Waals surface area contributed by atoms with Gasteiger partial charge in [-0.15, -0.1) is 0 Å². The largest absolute Gasteiger partial charge is 0.497 e. The summed E-state index contributed by atoms with van der Waals surface area (Å²) in [5.74, 6) is 1.48. The van der Waals surface area contributed by atoms with Gasteiger partial charge in [0.1, 0.15) is 5.75 Å². The summed E-state index contributed by atoms with van der Waals surface area (Å²) in [7, 11) is 1.61. The Labute approximate surface area is 109 Å². The molecule has 0 aliphatic rings. The van der Waals surface area contributed by atoms with Crippen molar-refractivity contribution in [2.45, 2.75) is 32.6 Å². The quantitative estimate of drug-likeness (QED) is 0.720. The highest BCUT2D eigenvalue weighted by molar-refractivity contribution is 5.96. The maximum atomic E-state index is 12.1. The third-order valence-electron chi connectivity index (χ3n) is 3.32. The molecule has 1 atom stereocenters. The smallest absolute Gasteiger partial charge is 0.163 e. The van der Waals surface area contributed by atoms with Crippen molar-refractivity contribution < 1.29 is 9.53 Å². The Balaban J connectivity index is 2.53. The topological polar surface area (TPSA) is 52.3 Å². The SMILES string of the molecule is CCC(CCN)CCC(=O)c1cccc(OC)c1. The Morgan fingerprint density at radius 1 is 1.39 bits per heavy atom. The summed E-state index contributed by atoms with van der Waals surface area (Å²) in [4.78, 5) is 12.1. The second-order valence-corrected chi connectivity index (χ2v) is 4.55. The maximum absolute atomic E-state index is 12.1. The van der Waals surface area contributed by atoms with Gasteiger partial charge < -0.3 is 10.5 Å². The molecular formula is C15H23NO2. The van der Waals surface area contributed by atoms with E-state index in [9.17, 15) is 4.79 Å². The number of methoxy groups -OCH3 is 1. The van der Waals surface area contributed by atoms with Crippen molar-refractivity contribution in [2.24, 2.45) is 11.7 Å². The zero-order valence-electron chi connectivity index (χ0n) is 11.3. The molecule has 1 rings (SSSR count). The standard InChI is InChI=1S/C15H23NO2/c1-3-12(9-10-16)7-8-15(17)13-5-4-6-14(11-13)18-2/h4-6,11-12H,3,7-10,16H2,1-2H3. The molecule has 0 saturated carbocycles. The van der Waals surface area contributed by atoms with Gasteiger partial charge in [0, 0.05) is 12.0 Å². The third kappa shape index (κ3) is 4.49. The number of Topliss-reactive ketones (excluding diaryl/α,β-unsaturated/α-hetero) is 1. The lowest BCUT2D eigenvalue weighted by molar-refractivity contribution is 0.0972. The highest BCUT2D eigenvalue weighted by Crippen LogP contribution is 2.19. The van der Waals surface area contributed by atoms with E-state index in [0.29, 0.717) is 18.9 Å². The van der Waals surface area contributed by atoms with Crippen molar-refractivity contribution >= 4 is 5.78 Å². The van der Waals surface area contributed by atoms with Gasteiger partial charge >= 0.3 is 0 Å². The van der Waals surface area contributed by atoms with Gasteiger partial charge in [-0.05, 0) is 37.4 Å². The number of nitrogens with two attached hydrogens (primary N) is 1. The molecule has 0 saturated heterocycles. The first-order valence-corrected chi connectivity index (χ1v) is 6.58. The fourth-order valence-corrected chi connectivity index (χ4v) is 2.06. The molecule has 0 radical (unpaired) electrons. The molecule has 3 heteroatoms. The molecule has 0 aromatic heterocycles. The highest BCUT2D eigenvalue weighted by atomic mass is 16.5. The Hall–Kier alpha value is -1.35. The van der Waals surface area contributed by atoms with Crippen LogP contribution in [0.4, 0.5) is 0 Å². The monoisotopic (exact) mass is 249 g/mol. The van der Waals surface area contributed by atoms with Crippen LogP contribution >= 0.6 is 0 Å². The number of hydrogen-bond donors (Lipinski definition) is 1. The van der Waals surface area contributed by atoms with Crippen LogP contribution in [0.1, 0.15) is 43.0 Å². The van der Waals surface area contributed by atoms with Crippen molar-refractivity contribution in [1.82, 2.24) is 0 Å². The first-order chi connectivity index (χ1) is 8.71. The van der Waals surface area contributed by atoms with Gasteiger partial charge in [-0.1, -0.05) is 25.5 Å². The number of carbonyl (C=O) groups is 1. The molecule has 1 aromatic carbocycles. The molecule has 0 bridgehead atoms. The summed E-state index contributed by atoms with van der Waals surface area (Å²) in [5.41, 5.74) is 6.29. The van der Waals surface area contributed by atoms with E-state index in [4.69, 9.17) is 10.5 Å². The van der Waals surface area contributed by atoms with Crippen molar-refractivity contribution in [1.29, 1.82) is 0 Å². The number of ether oxygens (including phenoxy) is 1. The third-order valence-corrected chi connectivity index (χ3v) is 3.32. The second kappa shape index (κ2) is 7.88. The lowest BCUT2D eigenvalue weighted by atomic mass is 9.94. The molecule has 0 aliphatic carbocycles. The summed E-state index contributed by atoms with van der Waals surface area (Å²) < 4.78 is 5.12. The molecule has 1 aromatic rings. The minimum Gasteiger partial charge on any atom is -0.497 e. The fraction of sp³-hybridized carbons (Fsp3) is 0.533. The summed E-state index contributed by atoms with van der Waals surface area (Å²) >= 11 is 0. The van der Waals surface area contributed by atoms with Gasteiger partial charge in [-0.2, -0.15) is 0 Å². The van der Waals surface area contributed by atoms with Crippen LogP contribution in [-0.4, -0.2) is 19.4 Å². The van der Waals surface area contributed by atoms with E-state index < -0.39 is 0 Å². The predicted octanol–water partition coefficient (Wildman–Crippen LogP) is 3.03. The van der Waals surface area contributed by atoms with Crippen LogP contribution in [0.25, 0.3) is 0 Å². The summed E-state index contributed by atoms with van der Waals surface area (Å²) in [6, 6.07) is 7.34. The number of carbonyl (C=O) groups excluding carboxylic acids is 1. The van der Waals surface area contributed by atoms with Crippen LogP contribution in [-0.2, 0) is 0 Å². The Kier molecular flexibility index (Phi) is 6.44. The Morgan fingerprint density at radius 2 is 2.17 bits per heavy atom. The van der Waals surface area contributed by atoms with Crippen LogP contribution in [0.2, 0.25) is 0 Å². The molecule has 0 fully saturated rings. The van der Waals surface area contributed by atoms with E-state index in [0.717, 1.165) is 30.6 Å². The van der Waals surface area contributed by atoms with E-state index in [2.05, 4.69) is 6.92 Å². The van der Waals surface area contributed by atoms with Gasteiger partial charge in [0.15, 0.2) is 5.78 Å². The fourth-order valence-electron chi connectivity index (χ4n) is 2.06. The molecule has 0 aliphatic heterocycles. The Morgan fingerprint density at radius 3 is 2.78 bits per heavy atom. The van der Waals surface area contributed by atoms with Crippen molar-refractivity contribution in [2.75, 3.05) is 13.7 Å². The highest BCUT2D eigenvalue weighted by Gasteiger charge is 2.11. The first-order valence-electron chi connectivity index (χ1n) is 6.58. The van der Waals surface area contributed by atoms with Gasteiger partial charge in [0.2, 0.25) is 0 Å². The molecule has 3 nitrogen and oxygen atoms in total.